The van der Waals surface area contributed by atoms with Gasteiger partial charge in [0.15, 0.2) is 18.1 Å². The van der Waals surface area contributed by atoms with E-state index in [1.807, 2.05) is 51.1 Å². The minimum atomic E-state index is -0.899. The van der Waals surface area contributed by atoms with Crippen molar-refractivity contribution in [3.05, 3.63) is 82.9 Å². The van der Waals surface area contributed by atoms with Crippen LogP contribution in [0, 0.1) is 13.8 Å². The maximum Gasteiger partial charge on any atom is 0.329 e. The van der Waals surface area contributed by atoms with Crippen LogP contribution in [-0.4, -0.2) is 37.7 Å². The molecular formula is C28H30N4O5. The molecule has 0 aliphatic rings. The van der Waals surface area contributed by atoms with Gasteiger partial charge in [-0.2, -0.15) is 5.10 Å². The van der Waals surface area contributed by atoms with Crippen LogP contribution in [0.2, 0.25) is 0 Å². The first-order valence-corrected chi connectivity index (χ1v) is 11.7. The van der Waals surface area contributed by atoms with Gasteiger partial charge in [0.25, 0.3) is 5.91 Å². The number of anilines is 2. The fourth-order valence-electron chi connectivity index (χ4n) is 3.39. The van der Waals surface area contributed by atoms with Gasteiger partial charge < -0.3 is 20.1 Å². The summed E-state index contributed by atoms with van der Waals surface area (Å²) in [7, 11) is 1.47. The van der Waals surface area contributed by atoms with E-state index in [1.54, 1.807) is 30.3 Å². The summed E-state index contributed by atoms with van der Waals surface area (Å²) >= 11 is 0. The molecule has 0 bridgehead atoms. The SMILES string of the molecule is CCc1ccccc1NC(=O)C(=O)N/N=C\c1ccc(OCC(=O)Nc2ccc(C)c(C)c2)c(OC)c1. The summed E-state index contributed by atoms with van der Waals surface area (Å²) < 4.78 is 11.0. The largest absolute Gasteiger partial charge is 0.493 e. The third-order valence-electron chi connectivity index (χ3n) is 5.57. The molecule has 0 radical (unpaired) electrons. The van der Waals surface area contributed by atoms with E-state index in [1.165, 1.54) is 13.3 Å². The van der Waals surface area contributed by atoms with E-state index in [4.69, 9.17) is 9.47 Å². The summed E-state index contributed by atoms with van der Waals surface area (Å²) in [6.45, 7) is 5.73. The van der Waals surface area contributed by atoms with Crippen molar-refractivity contribution in [3.63, 3.8) is 0 Å². The summed E-state index contributed by atoms with van der Waals surface area (Å²) in [6, 6.07) is 17.9. The van der Waals surface area contributed by atoms with Crippen LogP contribution in [0.3, 0.4) is 0 Å². The zero-order valence-corrected chi connectivity index (χ0v) is 21.3. The average Bonchev–Trinajstić information content (AvgIpc) is 2.90. The van der Waals surface area contributed by atoms with Gasteiger partial charge in [-0.1, -0.05) is 31.2 Å². The second-order valence-electron chi connectivity index (χ2n) is 8.21. The molecule has 3 aromatic carbocycles. The van der Waals surface area contributed by atoms with E-state index in [0.717, 1.165) is 23.1 Å². The van der Waals surface area contributed by atoms with Gasteiger partial charge in [-0.3, -0.25) is 14.4 Å². The van der Waals surface area contributed by atoms with Crippen LogP contribution in [0.4, 0.5) is 11.4 Å². The monoisotopic (exact) mass is 502 g/mol. The molecule has 0 aromatic heterocycles. The van der Waals surface area contributed by atoms with Crippen LogP contribution in [0.5, 0.6) is 11.5 Å². The van der Waals surface area contributed by atoms with Gasteiger partial charge in [0.2, 0.25) is 0 Å². The first kappa shape index (κ1) is 26.9. The fraction of sp³-hybridized carbons (Fsp3) is 0.214. The number of hydrogen-bond acceptors (Lipinski definition) is 6. The number of aryl methyl sites for hydroxylation is 3. The van der Waals surface area contributed by atoms with Crippen molar-refractivity contribution in [2.45, 2.75) is 27.2 Å². The lowest BCUT2D eigenvalue weighted by Crippen LogP contribution is -2.32. The Bertz CT molecular complexity index is 1320. The van der Waals surface area contributed by atoms with E-state index >= 15 is 0 Å². The lowest BCUT2D eigenvalue weighted by atomic mass is 10.1. The number of hydrogen-bond donors (Lipinski definition) is 3. The Morgan fingerprint density at radius 3 is 2.41 bits per heavy atom. The third-order valence-corrected chi connectivity index (χ3v) is 5.57. The van der Waals surface area contributed by atoms with E-state index in [0.29, 0.717) is 28.4 Å². The number of hydrazone groups is 1. The topological polar surface area (TPSA) is 118 Å². The van der Waals surface area contributed by atoms with Crippen molar-refractivity contribution in [3.8, 4) is 11.5 Å². The van der Waals surface area contributed by atoms with E-state index in [9.17, 15) is 14.4 Å². The van der Waals surface area contributed by atoms with Crippen molar-refractivity contribution >= 4 is 35.3 Å². The first-order chi connectivity index (χ1) is 17.8. The number of methoxy groups -OCH3 is 1. The van der Waals surface area contributed by atoms with Crippen LogP contribution in [0.1, 0.15) is 29.2 Å². The molecule has 3 amide bonds. The molecule has 0 aliphatic heterocycles. The Balaban J connectivity index is 1.54. The maximum absolute atomic E-state index is 12.3. The number of carbonyl (C=O) groups is 3. The molecule has 3 N–H and O–H groups in total. The van der Waals surface area contributed by atoms with Crippen molar-refractivity contribution in [2.75, 3.05) is 24.4 Å². The quantitative estimate of drug-likeness (QED) is 0.232. The minimum absolute atomic E-state index is 0.205. The molecule has 0 aliphatic carbocycles. The second-order valence-corrected chi connectivity index (χ2v) is 8.21. The Morgan fingerprint density at radius 1 is 0.892 bits per heavy atom. The summed E-state index contributed by atoms with van der Waals surface area (Å²) in [5.74, 6) is -1.28. The van der Waals surface area contributed by atoms with Gasteiger partial charge >= 0.3 is 11.8 Å². The highest BCUT2D eigenvalue weighted by atomic mass is 16.5. The Morgan fingerprint density at radius 2 is 1.68 bits per heavy atom. The number of nitrogens with one attached hydrogen (secondary N) is 3. The molecular weight excluding hydrogens is 472 g/mol. The van der Waals surface area contributed by atoms with Crippen molar-refractivity contribution < 1.29 is 23.9 Å². The second kappa shape index (κ2) is 12.9. The Kier molecular flexibility index (Phi) is 9.37. The zero-order valence-electron chi connectivity index (χ0n) is 21.3. The molecule has 9 nitrogen and oxygen atoms in total. The van der Waals surface area contributed by atoms with Crippen LogP contribution in [0.25, 0.3) is 0 Å². The Hall–Kier alpha value is -4.66. The van der Waals surface area contributed by atoms with Gasteiger partial charge in [-0.25, -0.2) is 5.43 Å². The van der Waals surface area contributed by atoms with Crippen LogP contribution in [-0.2, 0) is 20.8 Å². The normalized spacial score (nSPS) is 10.6. The maximum atomic E-state index is 12.3. The molecule has 0 saturated heterocycles. The van der Waals surface area contributed by atoms with Crippen molar-refractivity contribution in [1.82, 2.24) is 5.43 Å². The van der Waals surface area contributed by atoms with Gasteiger partial charge in [0.05, 0.1) is 13.3 Å². The van der Waals surface area contributed by atoms with Gasteiger partial charge in [-0.15, -0.1) is 0 Å². The van der Waals surface area contributed by atoms with Crippen LogP contribution < -0.4 is 25.5 Å². The molecule has 0 atom stereocenters. The number of rotatable bonds is 9. The standard InChI is InChI=1S/C28H30N4O5/c1-5-21-8-6-7-9-23(21)31-27(34)28(35)32-29-16-20-11-13-24(25(15-20)36-4)37-17-26(33)30-22-12-10-18(2)19(3)14-22/h6-16H,5,17H2,1-4H3,(H,30,33)(H,31,34)(H,32,35)/b29-16-. The third kappa shape index (κ3) is 7.66. The first-order valence-electron chi connectivity index (χ1n) is 11.7. The van der Waals surface area contributed by atoms with E-state index in [2.05, 4.69) is 21.2 Å². The Labute approximate surface area is 215 Å². The molecule has 3 aromatic rings. The molecule has 0 heterocycles. The van der Waals surface area contributed by atoms with Gasteiger partial charge in [0, 0.05) is 11.4 Å². The van der Waals surface area contributed by atoms with Gasteiger partial charge in [0.1, 0.15) is 0 Å². The highest BCUT2D eigenvalue weighted by Crippen LogP contribution is 2.27. The van der Waals surface area contributed by atoms with E-state index < -0.39 is 11.8 Å². The summed E-state index contributed by atoms with van der Waals surface area (Å²) in [5, 5.41) is 9.22. The molecule has 0 saturated carbocycles. The van der Waals surface area contributed by atoms with Crippen molar-refractivity contribution in [1.29, 1.82) is 0 Å². The highest BCUT2D eigenvalue weighted by Gasteiger charge is 2.14. The summed E-state index contributed by atoms with van der Waals surface area (Å²) in [6.07, 6.45) is 2.08. The smallest absolute Gasteiger partial charge is 0.329 e. The number of carbonyl (C=O) groups excluding carboxylic acids is 3. The molecule has 37 heavy (non-hydrogen) atoms. The average molecular weight is 503 g/mol. The molecule has 0 fully saturated rings. The lowest BCUT2D eigenvalue weighted by molar-refractivity contribution is -0.136. The number of nitrogens with zero attached hydrogens (tertiary/aromatic N) is 1. The predicted octanol–water partition coefficient (Wildman–Crippen LogP) is 3.98. The molecule has 0 spiro atoms. The van der Waals surface area contributed by atoms with Crippen LogP contribution >= 0.6 is 0 Å². The highest BCUT2D eigenvalue weighted by molar-refractivity contribution is 6.39. The summed E-state index contributed by atoms with van der Waals surface area (Å²) in [5.41, 5.74) is 7.21. The molecule has 192 valence electrons. The minimum Gasteiger partial charge on any atom is -0.493 e. The number of ether oxygens (including phenoxy) is 2. The number of para-hydroxylation sites is 1. The lowest BCUT2D eigenvalue weighted by Gasteiger charge is -2.12. The molecule has 0 unspecified atom stereocenters. The molecule has 3 rings (SSSR count). The van der Waals surface area contributed by atoms with Gasteiger partial charge in [-0.05, 0) is 78.9 Å². The van der Waals surface area contributed by atoms with Crippen LogP contribution in [0.15, 0.2) is 65.8 Å². The number of amides is 3. The molecule has 9 heteroatoms. The zero-order chi connectivity index (χ0) is 26.8. The summed E-state index contributed by atoms with van der Waals surface area (Å²) in [4.78, 5) is 36.6. The van der Waals surface area contributed by atoms with Crippen molar-refractivity contribution in [2.24, 2.45) is 5.10 Å². The predicted molar refractivity (Wildman–Crippen MR) is 143 cm³/mol. The number of benzene rings is 3. The van der Waals surface area contributed by atoms with E-state index in [-0.39, 0.29) is 12.5 Å². The fourth-order valence-corrected chi connectivity index (χ4v) is 3.39.